The molecule has 21 heavy (non-hydrogen) atoms. The van der Waals surface area contributed by atoms with Crippen LogP contribution in [0, 0.1) is 0 Å². The van der Waals surface area contributed by atoms with Crippen LogP contribution < -0.4 is 5.32 Å². The molecule has 1 amide bonds. The maximum absolute atomic E-state index is 12.1. The van der Waals surface area contributed by atoms with Crippen LogP contribution in [-0.4, -0.2) is 27.6 Å². The third-order valence-corrected chi connectivity index (χ3v) is 3.02. The molecule has 0 aliphatic rings. The number of carboxylic acids is 1. The van der Waals surface area contributed by atoms with Gasteiger partial charge in [0.1, 0.15) is 6.04 Å². The van der Waals surface area contributed by atoms with Crippen LogP contribution >= 0.6 is 0 Å². The minimum absolute atomic E-state index is 0.179. The highest BCUT2D eigenvalue weighted by molar-refractivity contribution is 5.97. The van der Waals surface area contributed by atoms with E-state index in [0.29, 0.717) is 5.56 Å². The van der Waals surface area contributed by atoms with Crippen LogP contribution in [0.4, 0.5) is 0 Å². The molecule has 1 unspecified atom stereocenters. The van der Waals surface area contributed by atoms with Gasteiger partial charge in [-0.2, -0.15) is 0 Å². The first-order valence-electron chi connectivity index (χ1n) is 6.50. The first-order chi connectivity index (χ1) is 10.1. The second kappa shape index (κ2) is 6.56. The van der Waals surface area contributed by atoms with Crippen LogP contribution in [0.5, 0.6) is 0 Å². The standard InChI is InChI=1S/C16H16N2O3/c1-2-6-14(16(20)21)17-15(19)12-7-5-8-13(11-12)18-9-3-4-10-18/h2-5,7-11,14H,1,6H2,(H,17,19)(H,20,21). The lowest BCUT2D eigenvalue weighted by Gasteiger charge is -2.13. The van der Waals surface area contributed by atoms with Crippen LogP contribution in [0.25, 0.3) is 5.69 Å². The smallest absolute Gasteiger partial charge is 0.326 e. The van der Waals surface area contributed by atoms with Gasteiger partial charge in [0.15, 0.2) is 0 Å². The quantitative estimate of drug-likeness (QED) is 0.799. The molecular weight excluding hydrogens is 268 g/mol. The third kappa shape index (κ3) is 3.60. The topological polar surface area (TPSA) is 71.3 Å². The van der Waals surface area contributed by atoms with Crippen molar-refractivity contribution in [3.05, 3.63) is 67.0 Å². The molecule has 1 aromatic carbocycles. The first kappa shape index (κ1) is 14.6. The van der Waals surface area contributed by atoms with Gasteiger partial charge in [0, 0.05) is 23.6 Å². The maximum Gasteiger partial charge on any atom is 0.326 e. The lowest BCUT2D eigenvalue weighted by atomic mass is 10.1. The fourth-order valence-electron chi connectivity index (χ4n) is 1.94. The molecule has 0 saturated carbocycles. The number of carbonyl (C=O) groups excluding carboxylic acids is 1. The number of benzene rings is 1. The van der Waals surface area contributed by atoms with E-state index in [4.69, 9.17) is 5.11 Å². The number of hydrogen-bond donors (Lipinski definition) is 2. The molecular formula is C16H16N2O3. The van der Waals surface area contributed by atoms with Gasteiger partial charge < -0.3 is 15.0 Å². The fourth-order valence-corrected chi connectivity index (χ4v) is 1.94. The first-order valence-corrected chi connectivity index (χ1v) is 6.50. The summed E-state index contributed by atoms with van der Waals surface area (Å²) in [5.74, 6) is -1.50. The Morgan fingerprint density at radius 1 is 1.29 bits per heavy atom. The molecule has 0 aliphatic heterocycles. The number of carboxylic acid groups (broad SMARTS) is 1. The molecule has 0 spiro atoms. The van der Waals surface area contributed by atoms with Crippen molar-refractivity contribution in [2.75, 3.05) is 0 Å². The fraction of sp³-hybridized carbons (Fsp3) is 0.125. The SMILES string of the molecule is C=CCC(NC(=O)c1cccc(-n2cccc2)c1)C(=O)O. The molecule has 5 heteroatoms. The molecule has 0 radical (unpaired) electrons. The highest BCUT2D eigenvalue weighted by Crippen LogP contribution is 2.11. The average Bonchev–Trinajstić information content (AvgIpc) is 3.01. The summed E-state index contributed by atoms with van der Waals surface area (Å²) in [5, 5.41) is 11.5. The van der Waals surface area contributed by atoms with Crippen molar-refractivity contribution in [1.82, 2.24) is 9.88 Å². The van der Waals surface area contributed by atoms with Crippen LogP contribution in [0.2, 0.25) is 0 Å². The van der Waals surface area contributed by atoms with Gasteiger partial charge in [-0.05, 0) is 36.8 Å². The predicted octanol–water partition coefficient (Wildman–Crippen LogP) is 2.24. The number of nitrogens with zero attached hydrogens (tertiary/aromatic N) is 1. The van der Waals surface area contributed by atoms with Gasteiger partial charge in [-0.1, -0.05) is 12.1 Å². The van der Waals surface area contributed by atoms with Crippen molar-refractivity contribution >= 4 is 11.9 Å². The van der Waals surface area contributed by atoms with Crippen molar-refractivity contribution in [3.8, 4) is 5.69 Å². The summed E-state index contributed by atoms with van der Waals surface area (Å²) >= 11 is 0. The molecule has 5 nitrogen and oxygen atoms in total. The van der Waals surface area contributed by atoms with Gasteiger partial charge in [0.2, 0.25) is 0 Å². The van der Waals surface area contributed by atoms with Crippen molar-refractivity contribution in [3.63, 3.8) is 0 Å². The van der Waals surface area contributed by atoms with E-state index < -0.39 is 17.9 Å². The Balaban J connectivity index is 2.18. The highest BCUT2D eigenvalue weighted by atomic mass is 16.4. The van der Waals surface area contributed by atoms with Gasteiger partial charge in [-0.25, -0.2) is 4.79 Å². The zero-order valence-corrected chi connectivity index (χ0v) is 11.4. The third-order valence-electron chi connectivity index (χ3n) is 3.02. The van der Waals surface area contributed by atoms with E-state index in [9.17, 15) is 9.59 Å². The molecule has 2 N–H and O–H groups in total. The van der Waals surface area contributed by atoms with E-state index in [2.05, 4.69) is 11.9 Å². The van der Waals surface area contributed by atoms with E-state index in [1.807, 2.05) is 35.2 Å². The Morgan fingerprint density at radius 3 is 2.62 bits per heavy atom. The van der Waals surface area contributed by atoms with Gasteiger partial charge >= 0.3 is 5.97 Å². The summed E-state index contributed by atoms with van der Waals surface area (Å²) in [6, 6.07) is 9.79. The number of aromatic nitrogens is 1. The zero-order valence-electron chi connectivity index (χ0n) is 11.4. The minimum atomic E-state index is -1.08. The molecule has 0 aliphatic carbocycles. The van der Waals surface area contributed by atoms with Crippen LogP contribution in [0.15, 0.2) is 61.4 Å². The summed E-state index contributed by atoms with van der Waals surface area (Å²) in [6.45, 7) is 3.49. The van der Waals surface area contributed by atoms with Crippen molar-refractivity contribution in [2.24, 2.45) is 0 Å². The Labute approximate surface area is 122 Å². The summed E-state index contributed by atoms with van der Waals surface area (Å²) in [7, 11) is 0. The number of aliphatic carboxylic acids is 1. The van der Waals surface area contributed by atoms with E-state index in [1.165, 1.54) is 6.08 Å². The lowest BCUT2D eigenvalue weighted by Crippen LogP contribution is -2.40. The van der Waals surface area contributed by atoms with Gasteiger partial charge in [0.05, 0.1) is 0 Å². The van der Waals surface area contributed by atoms with Crippen molar-refractivity contribution in [1.29, 1.82) is 0 Å². The van der Waals surface area contributed by atoms with Crippen LogP contribution in [0.1, 0.15) is 16.8 Å². The Bertz CT molecular complexity index is 647. The molecule has 1 heterocycles. The van der Waals surface area contributed by atoms with E-state index >= 15 is 0 Å². The predicted molar refractivity (Wildman–Crippen MR) is 79.5 cm³/mol. The molecule has 0 bridgehead atoms. The lowest BCUT2D eigenvalue weighted by molar-refractivity contribution is -0.139. The molecule has 1 atom stereocenters. The van der Waals surface area contributed by atoms with Crippen molar-refractivity contribution in [2.45, 2.75) is 12.5 Å². The summed E-state index contributed by atoms with van der Waals surface area (Å²) < 4.78 is 1.87. The second-order valence-electron chi connectivity index (χ2n) is 4.53. The largest absolute Gasteiger partial charge is 0.480 e. The Kier molecular flexibility index (Phi) is 4.56. The molecule has 2 rings (SSSR count). The monoisotopic (exact) mass is 284 g/mol. The number of carbonyl (C=O) groups is 2. The molecule has 1 aromatic heterocycles. The van der Waals surface area contributed by atoms with Gasteiger partial charge in [-0.15, -0.1) is 6.58 Å². The molecule has 2 aromatic rings. The number of hydrogen-bond acceptors (Lipinski definition) is 2. The van der Waals surface area contributed by atoms with Crippen LogP contribution in [-0.2, 0) is 4.79 Å². The van der Waals surface area contributed by atoms with Gasteiger partial charge in [0.25, 0.3) is 5.91 Å². The van der Waals surface area contributed by atoms with Crippen molar-refractivity contribution < 1.29 is 14.7 Å². The zero-order chi connectivity index (χ0) is 15.2. The number of amides is 1. The van der Waals surface area contributed by atoms with E-state index in [-0.39, 0.29) is 6.42 Å². The molecule has 0 fully saturated rings. The van der Waals surface area contributed by atoms with Gasteiger partial charge in [-0.3, -0.25) is 4.79 Å². The maximum atomic E-state index is 12.1. The van der Waals surface area contributed by atoms with E-state index in [1.54, 1.807) is 18.2 Å². The average molecular weight is 284 g/mol. The Hall–Kier alpha value is -2.82. The summed E-state index contributed by atoms with van der Waals surface area (Å²) in [5.41, 5.74) is 1.25. The number of nitrogens with one attached hydrogen (secondary N) is 1. The second-order valence-corrected chi connectivity index (χ2v) is 4.53. The number of rotatable bonds is 6. The Morgan fingerprint density at radius 2 is 2.00 bits per heavy atom. The highest BCUT2D eigenvalue weighted by Gasteiger charge is 2.19. The summed E-state index contributed by atoms with van der Waals surface area (Å²) in [4.78, 5) is 23.2. The normalized spacial score (nSPS) is 11.6. The minimum Gasteiger partial charge on any atom is -0.480 e. The summed E-state index contributed by atoms with van der Waals surface area (Å²) in [6.07, 6.45) is 5.39. The van der Waals surface area contributed by atoms with Crippen LogP contribution in [0.3, 0.4) is 0 Å². The molecule has 108 valence electrons. The van der Waals surface area contributed by atoms with E-state index in [0.717, 1.165) is 5.69 Å². The molecule has 0 saturated heterocycles.